The molecule has 0 aliphatic heterocycles. The van der Waals surface area contributed by atoms with E-state index in [2.05, 4.69) is 55.2 Å². The first-order chi connectivity index (χ1) is 12.5. The molecule has 0 saturated carbocycles. The summed E-state index contributed by atoms with van der Waals surface area (Å²) in [5.41, 5.74) is 7.40. The van der Waals surface area contributed by atoms with E-state index in [0.717, 1.165) is 27.7 Å². The van der Waals surface area contributed by atoms with Crippen molar-refractivity contribution in [2.24, 2.45) is 0 Å². The number of halogens is 1. The number of nitrogens with zero attached hydrogens (tertiary/aromatic N) is 2. The number of para-hydroxylation sites is 1. The van der Waals surface area contributed by atoms with Crippen LogP contribution in [0.3, 0.4) is 0 Å². The Morgan fingerprint density at radius 1 is 1.00 bits per heavy atom. The summed E-state index contributed by atoms with van der Waals surface area (Å²) in [6.07, 6.45) is 3.86. The van der Waals surface area contributed by atoms with Crippen molar-refractivity contribution in [1.29, 1.82) is 0 Å². The van der Waals surface area contributed by atoms with E-state index in [1.807, 2.05) is 36.4 Å². The topological polar surface area (TPSA) is 25.8 Å². The molecule has 3 heteroatoms. The number of hydrogen-bond acceptors (Lipinski definition) is 2. The fourth-order valence-electron chi connectivity index (χ4n) is 3.92. The second-order valence-electron chi connectivity index (χ2n) is 6.98. The largest absolute Gasteiger partial charge is 0.223 e. The van der Waals surface area contributed by atoms with Crippen molar-refractivity contribution in [3.63, 3.8) is 0 Å². The molecule has 0 fully saturated rings. The standard InChI is InChI=1S/C23H19ClN2/c1-5-15-16-12-11-14(13-19(16)23(3,4)18(15)6-2)21-17-9-7-8-10-20(17)25-22(24)26-21/h5-13H,1-2H2,3-4H3. The van der Waals surface area contributed by atoms with Crippen LogP contribution in [0.4, 0.5) is 0 Å². The lowest BCUT2D eigenvalue weighted by atomic mass is 9.80. The van der Waals surface area contributed by atoms with Crippen LogP contribution in [0.2, 0.25) is 5.28 Å². The average Bonchev–Trinajstić information content (AvgIpc) is 2.86. The predicted octanol–water partition coefficient (Wildman–Crippen LogP) is 6.37. The van der Waals surface area contributed by atoms with Crippen LogP contribution >= 0.6 is 11.6 Å². The van der Waals surface area contributed by atoms with E-state index in [9.17, 15) is 0 Å². The van der Waals surface area contributed by atoms with Gasteiger partial charge >= 0.3 is 0 Å². The highest BCUT2D eigenvalue weighted by atomic mass is 35.5. The van der Waals surface area contributed by atoms with Crippen LogP contribution in [-0.2, 0) is 5.41 Å². The molecule has 128 valence electrons. The number of hydrogen-bond donors (Lipinski definition) is 0. The summed E-state index contributed by atoms with van der Waals surface area (Å²) < 4.78 is 0. The third kappa shape index (κ3) is 2.33. The van der Waals surface area contributed by atoms with E-state index in [1.165, 1.54) is 16.7 Å². The van der Waals surface area contributed by atoms with Gasteiger partial charge in [0.1, 0.15) is 0 Å². The van der Waals surface area contributed by atoms with Gasteiger partial charge in [-0.15, -0.1) is 0 Å². The Balaban J connectivity index is 1.98. The highest BCUT2D eigenvalue weighted by Crippen LogP contribution is 2.48. The third-order valence-electron chi connectivity index (χ3n) is 5.20. The van der Waals surface area contributed by atoms with Crippen molar-refractivity contribution in [1.82, 2.24) is 9.97 Å². The van der Waals surface area contributed by atoms with Crippen molar-refractivity contribution >= 4 is 28.1 Å². The SMILES string of the molecule is C=CC1=C(C=C)C(C)(C)c2cc(-c3nc(Cl)nc4ccccc34)ccc21. The lowest BCUT2D eigenvalue weighted by Gasteiger charge is -2.23. The van der Waals surface area contributed by atoms with E-state index >= 15 is 0 Å². The Morgan fingerprint density at radius 2 is 1.77 bits per heavy atom. The molecule has 1 aliphatic carbocycles. The molecular formula is C23H19ClN2. The fraction of sp³-hybridized carbons (Fsp3) is 0.130. The summed E-state index contributed by atoms with van der Waals surface area (Å²) in [5.74, 6) is 0. The summed E-state index contributed by atoms with van der Waals surface area (Å²) in [4.78, 5) is 8.86. The van der Waals surface area contributed by atoms with Gasteiger partial charge in [-0.3, -0.25) is 0 Å². The van der Waals surface area contributed by atoms with E-state index in [1.54, 1.807) is 0 Å². The molecule has 0 atom stereocenters. The molecule has 0 radical (unpaired) electrons. The molecule has 0 bridgehead atoms. The molecule has 3 aromatic rings. The highest BCUT2D eigenvalue weighted by Gasteiger charge is 2.35. The molecule has 2 aromatic carbocycles. The van der Waals surface area contributed by atoms with E-state index in [4.69, 9.17) is 11.6 Å². The van der Waals surface area contributed by atoms with Gasteiger partial charge < -0.3 is 0 Å². The normalized spacial score (nSPS) is 15.2. The van der Waals surface area contributed by atoms with Gasteiger partial charge in [0.25, 0.3) is 0 Å². The molecule has 0 N–H and O–H groups in total. The van der Waals surface area contributed by atoms with E-state index in [0.29, 0.717) is 0 Å². The van der Waals surface area contributed by atoms with Gasteiger partial charge in [-0.25, -0.2) is 9.97 Å². The minimum Gasteiger partial charge on any atom is -0.218 e. The average molecular weight is 359 g/mol. The Kier molecular flexibility index (Phi) is 3.82. The number of benzene rings is 2. The second kappa shape index (κ2) is 5.93. The van der Waals surface area contributed by atoms with Gasteiger partial charge in [0.05, 0.1) is 11.2 Å². The summed E-state index contributed by atoms with van der Waals surface area (Å²) in [6.45, 7) is 12.4. The predicted molar refractivity (Wildman–Crippen MR) is 110 cm³/mol. The molecule has 1 heterocycles. The quantitative estimate of drug-likeness (QED) is 0.508. The first kappa shape index (κ1) is 16.7. The Bertz CT molecular complexity index is 1110. The molecule has 0 spiro atoms. The van der Waals surface area contributed by atoms with E-state index in [-0.39, 0.29) is 10.7 Å². The molecule has 26 heavy (non-hydrogen) atoms. The Labute approximate surface area is 158 Å². The lowest BCUT2D eigenvalue weighted by Crippen LogP contribution is -2.16. The lowest BCUT2D eigenvalue weighted by molar-refractivity contribution is 0.655. The molecule has 0 unspecified atom stereocenters. The molecular weight excluding hydrogens is 340 g/mol. The van der Waals surface area contributed by atoms with E-state index < -0.39 is 0 Å². The molecule has 0 saturated heterocycles. The first-order valence-corrected chi connectivity index (χ1v) is 8.92. The maximum atomic E-state index is 6.18. The molecule has 1 aliphatic rings. The summed E-state index contributed by atoms with van der Waals surface area (Å²) in [7, 11) is 0. The van der Waals surface area contributed by atoms with Crippen molar-refractivity contribution in [3.8, 4) is 11.3 Å². The van der Waals surface area contributed by atoms with Gasteiger partial charge in [0, 0.05) is 16.4 Å². The number of rotatable bonds is 3. The fourth-order valence-corrected chi connectivity index (χ4v) is 4.10. The third-order valence-corrected chi connectivity index (χ3v) is 5.37. The van der Waals surface area contributed by atoms with Crippen molar-refractivity contribution in [3.05, 3.63) is 89.8 Å². The summed E-state index contributed by atoms with van der Waals surface area (Å²) >= 11 is 6.18. The van der Waals surface area contributed by atoms with Crippen LogP contribution in [0, 0.1) is 0 Å². The Morgan fingerprint density at radius 3 is 2.50 bits per heavy atom. The zero-order valence-corrected chi connectivity index (χ0v) is 15.6. The molecule has 2 nitrogen and oxygen atoms in total. The zero-order valence-electron chi connectivity index (χ0n) is 14.9. The first-order valence-electron chi connectivity index (χ1n) is 8.54. The van der Waals surface area contributed by atoms with Crippen molar-refractivity contribution in [2.75, 3.05) is 0 Å². The summed E-state index contributed by atoms with van der Waals surface area (Å²) in [6, 6.07) is 14.4. The van der Waals surface area contributed by atoms with Crippen LogP contribution < -0.4 is 0 Å². The molecule has 1 aromatic heterocycles. The zero-order chi connectivity index (χ0) is 18.5. The molecule has 0 amide bonds. The summed E-state index contributed by atoms with van der Waals surface area (Å²) in [5, 5.41) is 1.25. The number of aromatic nitrogens is 2. The van der Waals surface area contributed by atoms with Gasteiger partial charge in [-0.05, 0) is 46.0 Å². The number of allylic oxidation sites excluding steroid dienone is 4. The van der Waals surface area contributed by atoms with Gasteiger partial charge in [0.15, 0.2) is 0 Å². The highest BCUT2D eigenvalue weighted by molar-refractivity contribution is 6.28. The van der Waals surface area contributed by atoms with Crippen LogP contribution in [0.5, 0.6) is 0 Å². The van der Waals surface area contributed by atoms with Gasteiger partial charge in [0.2, 0.25) is 5.28 Å². The second-order valence-corrected chi connectivity index (χ2v) is 7.32. The maximum Gasteiger partial charge on any atom is 0.223 e. The maximum absolute atomic E-state index is 6.18. The van der Waals surface area contributed by atoms with Crippen LogP contribution in [0.25, 0.3) is 27.7 Å². The van der Waals surface area contributed by atoms with Crippen LogP contribution in [0.15, 0.2) is 73.3 Å². The number of fused-ring (bicyclic) bond motifs is 2. The monoisotopic (exact) mass is 358 g/mol. The minimum absolute atomic E-state index is 0.136. The van der Waals surface area contributed by atoms with Crippen LogP contribution in [-0.4, -0.2) is 9.97 Å². The van der Waals surface area contributed by atoms with Crippen LogP contribution in [0.1, 0.15) is 25.0 Å². The Hall–Kier alpha value is -2.71. The minimum atomic E-state index is -0.136. The van der Waals surface area contributed by atoms with Crippen molar-refractivity contribution in [2.45, 2.75) is 19.3 Å². The van der Waals surface area contributed by atoms with Crippen molar-refractivity contribution < 1.29 is 0 Å². The molecule has 4 rings (SSSR count). The van der Waals surface area contributed by atoms with Gasteiger partial charge in [-0.2, -0.15) is 0 Å². The van der Waals surface area contributed by atoms with Gasteiger partial charge in [-0.1, -0.05) is 69.5 Å². The smallest absolute Gasteiger partial charge is 0.218 e.